The molecule has 0 saturated heterocycles. The van der Waals surface area contributed by atoms with Crippen molar-refractivity contribution in [3.8, 4) is 0 Å². The van der Waals surface area contributed by atoms with Gasteiger partial charge in [-0.05, 0) is 0 Å². The maximum atomic E-state index is 8.74. The average Bonchev–Trinajstić information content (AvgIpc) is 1.12. The Labute approximate surface area is 122 Å². The summed E-state index contributed by atoms with van der Waals surface area (Å²) in [6.45, 7) is 0. The first kappa shape index (κ1) is 18.6. The molecule has 0 aromatic heterocycles. The van der Waals surface area contributed by atoms with Crippen LogP contribution in [0.2, 0.25) is 0 Å². The van der Waals surface area contributed by atoms with Gasteiger partial charge in [0.2, 0.25) is 10.4 Å². The standard InChI is InChI=1S/Cs.2H2O4S/c;2*1-5(2,3)4/h;2*(H2,1,2,3,4)/q+1;;/p-1. The summed E-state index contributed by atoms with van der Waals surface area (Å²) in [5.41, 5.74) is 0. The van der Waals surface area contributed by atoms with Crippen LogP contribution in [0.5, 0.6) is 0 Å². The molecule has 0 aliphatic rings. The second kappa shape index (κ2) is 7.22. The first-order valence-electron chi connectivity index (χ1n) is 1.38. The molecule has 0 saturated carbocycles. The van der Waals surface area contributed by atoms with Crippen molar-refractivity contribution >= 4 is 20.8 Å². The SMILES string of the molecule is O=S(=O)(O)O.O=S(=O)([O-])O.[Cs+]. The minimum Gasteiger partial charge on any atom is -0.726 e. The van der Waals surface area contributed by atoms with Crippen LogP contribution in [0.15, 0.2) is 0 Å². The van der Waals surface area contributed by atoms with Crippen LogP contribution >= 0.6 is 0 Å². The van der Waals surface area contributed by atoms with Crippen molar-refractivity contribution in [2.75, 3.05) is 0 Å². The predicted molar refractivity (Wildman–Crippen MR) is 26.5 cm³/mol. The molecule has 0 amide bonds. The van der Waals surface area contributed by atoms with Crippen molar-refractivity contribution in [3.05, 3.63) is 0 Å². The number of hydrogen-bond acceptors (Lipinski definition) is 5. The van der Waals surface area contributed by atoms with Crippen LogP contribution < -0.4 is 68.9 Å². The Bertz CT molecular complexity index is 208. The Morgan fingerprint density at radius 2 is 0.909 bits per heavy atom. The monoisotopic (exact) mass is 328 g/mol. The molecule has 11 heavy (non-hydrogen) atoms. The summed E-state index contributed by atoms with van der Waals surface area (Å²) >= 11 is 0. The van der Waals surface area contributed by atoms with Crippen molar-refractivity contribution in [2.24, 2.45) is 0 Å². The third kappa shape index (κ3) is 352. The fourth-order valence-electron chi connectivity index (χ4n) is 0. The molecule has 0 aliphatic heterocycles. The van der Waals surface area contributed by atoms with E-state index in [1.165, 1.54) is 0 Å². The molecule has 11 heteroatoms. The molecule has 0 radical (unpaired) electrons. The predicted octanol–water partition coefficient (Wildman–Crippen LogP) is -4.64. The maximum Gasteiger partial charge on any atom is 1.00 e. The molecule has 0 spiro atoms. The minimum absolute atomic E-state index is 0. The fraction of sp³-hybridized carbons (Fsp3) is 0. The summed E-state index contributed by atoms with van der Waals surface area (Å²) in [7, 11) is -9.58. The van der Waals surface area contributed by atoms with Gasteiger partial charge in [-0.3, -0.25) is 13.7 Å². The van der Waals surface area contributed by atoms with Crippen molar-refractivity contribution in [2.45, 2.75) is 0 Å². The van der Waals surface area contributed by atoms with E-state index in [1.54, 1.807) is 0 Å². The molecule has 0 unspecified atom stereocenters. The Balaban J connectivity index is -0.000000107. The van der Waals surface area contributed by atoms with E-state index in [0.717, 1.165) is 0 Å². The van der Waals surface area contributed by atoms with E-state index in [9.17, 15) is 0 Å². The smallest absolute Gasteiger partial charge is 0.726 e. The van der Waals surface area contributed by atoms with E-state index in [1.807, 2.05) is 0 Å². The average molecular weight is 328 g/mol. The Hall–Kier alpha value is 1.79. The summed E-state index contributed by atoms with van der Waals surface area (Å²) in [4.78, 5) is 0. The minimum atomic E-state index is -4.92. The Kier molecular flexibility index (Phi) is 12.2. The first-order valence-corrected chi connectivity index (χ1v) is 4.14. The van der Waals surface area contributed by atoms with Crippen molar-refractivity contribution in [3.63, 3.8) is 0 Å². The third-order valence-electron chi connectivity index (χ3n) is 0. The van der Waals surface area contributed by atoms with Crippen molar-refractivity contribution in [1.29, 1.82) is 0 Å². The van der Waals surface area contributed by atoms with E-state index in [4.69, 9.17) is 35.0 Å². The molecule has 8 nitrogen and oxygen atoms in total. The second-order valence-corrected chi connectivity index (χ2v) is 2.63. The zero-order chi connectivity index (χ0) is 9.00. The van der Waals surface area contributed by atoms with E-state index in [2.05, 4.69) is 0 Å². The maximum absolute atomic E-state index is 8.74. The summed E-state index contributed by atoms with van der Waals surface area (Å²) in [6.07, 6.45) is 0. The van der Waals surface area contributed by atoms with Crippen LogP contribution in [0.4, 0.5) is 0 Å². The van der Waals surface area contributed by atoms with Gasteiger partial charge in [0.1, 0.15) is 0 Å². The molecule has 0 aromatic carbocycles. The van der Waals surface area contributed by atoms with Gasteiger partial charge in [-0.15, -0.1) is 0 Å². The van der Waals surface area contributed by atoms with E-state index >= 15 is 0 Å². The summed E-state index contributed by atoms with van der Waals surface area (Å²) < 4.78 is 64.4. The van der Waals surface area contributed by atoms with Crippen molar-refractivity contribution in [1.82, 2.24) is 0 Å². The first-order chi connectivity index (χ1) is 4.00. The summed E-state index contributed by atoms with van der Waals surface area (Å²) in [5, 5.41) is 0. The van der Waals surface area contributed by atoms with E-state index in [0.29, 0.717) is 0 Å². The Morgan fingerprint density at radius 3 is 0.909 bits per heavy atom. The Morgan fingerprint density at radius 1 is 0.909 bits per heavy atom. The number of rotatable bonds is 0. The van der Waals surface area contributed by atoms with Gasteiger partial charge in [-0.2, -0.15) is 8.42 Å². The second-order valence-electron chi connectivity index (χ2n) is 0.876. The molecular weight excluding hydrogens is 325 g/mol. The fourth-order valence-corrected chi connectivity index (χ4v) is 0. The van der Waals surface area contributed by atoms with Crippen molar-refractivity contribution < 1.29 is 104 Å². The molecule has 0 atom stereocenters. The van der Waals surface area contributed by atoms with Crippen LogP contribution in [-0.4, -0.2) is 35.0 Å². The molecule has 0 heterocycles. The van der Waals surface area contributed by atoms with Gasteiger partial charge in [0, 0.05) is 0 Å². The van der Waals surface area contributed by atoms with Crippen LogP contribution in [0.25, 0.3) is 0 Å². The van der Waals surface area contributed by atoms with Gasteiger partial charge < -0.3 is 4.55 Å². The molecule has 3 N–H and O–H groups in total. The third-order valence-corrected chi connectivity index (χ3v) is 0. The molecular formula is H3CsO8S2. The van der Waals surface area contributed by atoms with Gasteiger partial charge in [-0.25, -0.2) is 8.42 Å². The van der Waals surface area contributed by atoms with Crippen LogP contribution in [0.3, 0.4) is 0 Å². The number of hydrogen-bond donors (Lipinski definition) is 3. The van der Waals surface area contributed by atoms with E-state index < -0.39 is 20.8 Å². The molecule has 64 valence electrons. The van der Waals surface area contributed by atoms with Gasteiger partial charge in [0.05, 0.1) is 0 Å². The van der Waals surface area contributed by atoms with Crippen LogP contribution in [0, 0.1) is 0 Å². The summed E-state index contributed by atoms with van der Waals surface area (Å²) in [5.74, 6) is 0. The molecule has 0 rings (SSSR count). The summed E-state index contributed by atoms with van der Waals surface area (Å²) in [6, 6.07) is 0. The topological polar surface area (TPSA) is 152 Å². The van der Waals surface area contributed by atoms with Gasteiger partial charge >= 0.3 is 79.3 Å². The van der Waals surface area contributed by atoms with Gasteiger partial charge in [0.25, 0.3) is 0 Å². The van der Waals surface area contributed by atoms with Crippen LogP contribution in [0.1, 0.15) is 0 Å². The zero-order valence-electron chi connectivity index (χ0n) is 5.20. The normalized spacial score (nSPS) is 10.5. The molecule has 0 aliphatic carbocycles. The van der Waals surface area contributed by atoms with Gasteiger partial charge in [-0.1, -0.05) is 0 Å². The quantitative estimate of drug-likeness (QED) is 0.296. The molecule has 0 fully saturated rings. The molecule has 0 aromatic rings. The van der Waals surface area contributed by atoms with Crippen LogP contribution in [-0.2, 0) is 20.8 Å². The largest absolute Gasteiger partial charge is 1.00 e. The zero-order valence-corrected chi connectivity index (χ0v) is 13.1. The van der Waals surface area contributed by atoms with E-state index in [-0.39, 0.29) is 68.9 Å². The van der Waals surface area contributed by atoms with Gasteiger partial charge in [0.15, 0.2) is 0 Å². The molecule has 0 bridgehead atoms.